The normalized spacial score (nSPS) is 14.6. The molecule has 1 aliphatic carbocycles. The van der Waals surface area contributed by atoms with Crippen LogP contribution in [0, 0.1) is 11.8 Å². The van der Waals surface area contributed by atoms with E-state index in [4.69, 9.17) is 4.74 Å². The number of esters is 1. The number of hydrogen-bond donors (Lipinski definition) is 1. The Morgan fingerprint density at radius 3 is 1.65 bits per heavy atom. The molecule has 1 saturated carbocycles. The van der Waals surface area contributed by atoms with Gasteiger partial charge in [-0.25, -0.2) is 4.79 Å². The van der Waals surface area contributed by atoms with Crippen LogP contribution in [-0.2, 0) is 14.3 Å². The molecule has 0 radical (unpaired) electrons. The van der Waals surface area contributed by atoms with E-state index < -0.39 is 6.04 Å². The van der Waals surface area contributed by atoms with Gasteiger partial charge in [-0.1, -0.05) is 111 Å². The molecule has 1 rings (SSSR count). The molecule has 1 amide bonds. The summed E-state index contributed by atoms with van der Waals surface area (Å²) < 4.78 is 5.47. The van der Waals surface area contributed by atoms with Gasteiger partial charge in [0, 0.05) is 5.92 Å². The lowest BCUT2D eigenvalue weighted by Gasteiger charge is -2.19. The van der Waals surface area contributed by atoms with Crippen LogP contribution in [-0.4, -0.2) is 24.5 Å². The number of nitrogens with one attached hydrogen (secondary N) is 1. The second kappa shape index (κ2) is 18.5. The molecule has 4 nitrogen and oxygen atoms in total. The third kappa shape index (κ3) is 16.3. The van der Waals surface area contributed by atoms with Gasteiger partial charge in [0.1, 0.15) is 6.04 Å². The minimum Gasteiger partial charge on any atom is -0.464 e. The summed E-state index contributed by atoms with van der Waals surface area (Å²) in [5.74, 6) is 0.239. The van der Waals surface area contributed by atoms with Crippen molar-refractivity contribution in [2.75, 3.05) is 6.61 Å². The summed E-state index contributed by atoms with van der Waals surface area (Å²) in [6.45, 7) is 6.89. The highest BCUT2D eigenvalue weighted by Gasteiger charge is 2.33. The molecule has 0 spiro atoms. The summed E-state index contributed by atoms with van der Waals surface area (Å²) >= 11 is 0. The Morgan fingerprint density at radius 1 is 0.774 bits per heavy atom. The van der Waals surface area contributed by atoms with Crippen LogP contribution in [0.5, 0.6) is 0 Å². The predicted octanol–water partition coefficient (Wildman–Crippen LogP) is 7.34. The van der Waals surface area contributed by atoms with E-state index >= 15 is 0 Å². The second-order valence-electron chi connectivity index (χ2n) is 10.1. The molecule has 4 heteroatoms. The third-order valence-electron chi connectivity index (χ3n) is 6.25. The number of ether oxygens (including phenoxy) is 1. The minimum atomic E-state index is -0.482. The van der Waals surface area contributed by atoms with Gasteiger partial charge in [-0.2, -0.15) is 0 Å². The number of hydrogen-bond acceptors (Lipinski definition) is 3. The van der Waals surface area contributed by atoms with E-state index in [0.717, 1.165) is 25.7 Å². The molecule has 0 aromatic heterocycles. The van der Waals surface area contributed by atoms with Gasteiger partial charge < -0.3 is 10.1 Å². The molecule has 0 aromatic carbocycles. The first-order chi connectivity index (χ1) is 15.0. The molecule has 1 N–H and O–H groups in total. The molecule has 1 unspecified atom stereocenters. The SMILES string of the molecule is CCCCCCCCCCCCCCCCCOC(=O)C(CC(C)C)NC(=O)C1CC1. The smallest absolute Gasteiger partial charge is 0.328 e. The van der Waals surface area contributed by atoms with Crippen molar-refractivity contribution in [3.05, 3.63) is 0 Å². The summed E-state index contributed by atoms with van der Waals surface area (Å²) in [7, 11) is 0. The first-order valence-corrected chi connectivity index (χ1v) is 13.5. The molecule has 0 saturated heterocycles. The molecular weight excluding hydrogens is 386 g/mol. The Kier molecular flexibility index (Phi) is 16.7. The zero-order valence-electron chi connectivity index (χ0n) is 20.9. The maximum absolute atomic E-state index is 12.4. The molecule has 182 valence electrons. The molecule has 1 atom stereocenters. The summed E-state index contributed by atoms with van der Waals surface area (Å²) in [4.78, 5) is 24.4. The summed E-state index contributed by atoms with van der Waals surface area (Å²) in [5, 5.41) is 2.90. The Morgan fingerprint density at radius 2 is 1.23 bits per heavy atom. The largest absolute Gasteiger partial charge is 0.464 e. The highest BCUT2D eigenvalue weighted by molar-refractivity contribution is 5.86. The van der Waals surface area contributed by atoms with Gasteiger partial charge in [0.15, 0.2) is 0 Å². The van der Waals surface area contributed by atoms with Gasteiger partial charge in [-0.15, -0.1) is 0 Å². The van der Waals surface area contributed by atoms with Gasteiger partial charge in [-0.3, -0.25) is 4.79 Å². The first kappa shape index (κ1) is 28.0. The van der Waals surface area contributed by atoms with Crippen molar-refractivity contribution in [3.8, 4) is 0 Å². The zero-order valence-corrected chi connectivity index (χ0v) is 20.9. The van der Waals surface area contributed by atoms with Crippen LogP contribution in [0.15, 0.2) is 0 Å². The van der Waals surface area contributed by atoms with Crippen LogP contribution < -0.4 is 5.32 Å². The van der Waals surface area contributed by atoms with E-state index in [1.807, 2.05) is 0 Å². The molecule has 0 aliphatic heterocycles. The fourth-order valence-electron chi connectivity index (χ4n) is 4.07. The van der Waals surface area contributed by atoms with Gasteiger partial charge in [-0.05, 0) is 31.6 Å². The van der Waals surface area contributed by atoms with Crippen molar-refractivity contribution in [1.82, 2.24) is 5.32 Å². The Hall–Kier alpha value is -1.06. The number of unbranched alkanes of at least 4 members (excludes halogenated alkanes) is 14. The lowest BCUT2D eigenvalue weighted by Crippen LogP contribution is -2.43. The molecule has 31 heavy (non-hydrogen) atoms. The molecule has 1 fully saturated rings. The monoisotopic (exact) mass is 437 g/mol. The summed E-state index contributed by atoms with van der Waals surface area (Å²) in [5.41, 5.74) is 0. The van der Waals surface area contributed by atoms with Crippen molar-refractivity contribution in [3.63, 3.8) is 0 Å². The average molecular weight is 438 g/mol. The topological polar surface area (TPSA) is 55.4 Å². The van der Waals surface area contributed by atoms with Gasteiger partial charge >= 0.3 is 5.97 Å². The van der Waals surface area contributed by atoms with Gasteiger partial charge in [0.2, 0.25) is 5.91 Å². The average Bonchev–Trinajstić information content (AvgIpc) is 3.58. The van der Waals surface area contributed by atoms with Crippen molar-refractivity contribution >= 4 is 11.9 Å². The molecule has 1 aliphatic rings. The number of carbonyl (C=O) groups is 2. The van der Waals surface area contributed by atoms with Crippen molar-refractivity contribution in [1.29, 1.82) is 0 Å². The molecule has 0 bridgehead atoms. The minimum absolute atomic E-state index is 0.0228. The maximum Gasteiger partial charge on any atom is 0.328 e. The fourth-order valence-corrected chi connectivity index (χ4v) is 4.07. The van der Waals surface area contributed by atoms with Crippen molar-refractivity contribution < 1.29 is 14.3 Å². The Balaban J connectivity index is 1.91. The van der Waals surface area contributed by atoms with Crippen LogP contribution >= 0.6 is 0 Å². The zero-order chi connectivity index (χ0) is 22.7. The molecule has 0 aromatic rings. The maximum atomic E-state index is 12.4. The molecular formula is C27H51NO3. The quantitative estimate of drug-likeness (QED) is 0.151. The third-order valence-corrected chi connectivity index (χ3v) is 6.25. The number of rotatable bonds is 21. The van der Waals surface area contributed by atoms with E-state index in [1.54, 1.807) is 0 Å². The van der Waals surface area contributed by atoms with Gasteiger partial charge in [0.05, 0.1) is 6.61 Å². The lowest BCUT2D eigenvalue weighted by atomic mass is 10.0. The van der Waals surface area contributed by atoms with E-state index in [1.165, 1.54) is 83.5 Å². The van der Waals surface area contributed by atoms with Crippen LogP contribution in [0.4, 0.5) is 0 Å². The highest BCUT2D eigenvalue weighted by atomic mass is 16.5. The lowest BCUT2D eigenvalue weighted by molar-refractivity contribution is -0.148. The first-order valence-electron chi connectivity index (χ1n) is 13.5. The predicted molar refractivity (Wildman–Crippen MR) is 130 cm³/mol. The summed E-state index contributed by atoms with van der Waals surface area (Å²) in [6, 6.07) is -0.482. The second-order valence-corrected chi connectivity index (χ2v) is 10.1. The van der Waals surface area contributed by atoms with Gasteiger partial charge in [0.25, 0.3) is 0 Å². The highest BCUT2D eigenvalue weighted by Crippen LogP contribution is 2.29. The van der Waals surface area contributed by atoms with E-state index in [-0.39, 0.29) is 17.8 Å². The number of amides is 1. The molecule has 0 heterocycles. The van der Waals surface area contributed by atoms with Crippen LogP contribution in [0.1, 0.15) is 136 Å². The van der Waals surface area contributed by atoms with E-state index in [0.29, 0.717) is 18.9 Å². The number of carbonyl (C=O) groups excluding carboxylic acids is 2. The van der Waals surface area contributed by atoms with E-state index in [9.17, 15) is 9.59 Å². The standard InChI is InChI=1S/C27H51NO3/c1-4-5-6-7-8-9-10-11-12-13-14-15-16-17-18-21-31-27(30)25(22-23(2)3)28-26(29)24-19-20-24/h23-25H,4-22H2,1-3H3,(H,28,29). The van der Waals surface area contributed by atoms with Crippen molar-refractivity contribution in [2.24, 2.45) is 11.8 Å². The van der Waals surface area contributed by atoms with Crippen LogP contribution in [0.3, 0.4) is 0 Å². The van der Waals surface area contributed by atoms with E-state index in [2.05, 4.69) is 26.1 Å². The fraction of sp³-hybridized carbons (Fsp3) is 0.926. The van der Waals surface area contributed by atoms with Crippen molar-refractivity contribution in [2.45, 2.75) is 142 Å². The van der Waals surface area contributed by atoms with Crippen LogP contribution in [0.25, 0.3) is 0 Å². The Bertz CT molecular complexity index is 459. The van der Waals surface area contributed by atoms with Crippen LogP contribution in [0.2, 0.25) is 0 Å². The summed E-state index contributed by atoms with van der Waals surface area (Å²) in [6.07, 6.45) is 22.4. The Labute approximate surface area is 192 Å².